The van der Waals surface area contributed by atoms with Crippen LogP contribution in [0.5, 0.6) is 0 Å². The number of aromatic amines is 1. The molecular formula is C29H27N5OS. The molecule has 0 saturated carbocycles. The first-order valence-electron chi connectivity index (χ1n) is 12.3. The van der Waals surface area contributed by atoms with Crippen LogP contribution in [0.1, 0.15) is 24.0 Å². The first-order valence-corrected chi connectivity index (χ1v) is 13.1. The van der Waals surface area contributed by atoms with Crippen LogP contribution in [0.2, 0.25) is 0 Å². The van der Waals surface area contributed by atoms with Gasteiger partial charge in [-0.25, -0.2) is 0 Å². The molecule has 180 valence electrons. The van der Waals surface area contributed by atoms with E-state index in [4.69, 9.17) is 0 Å². The second-order valence-corrected chi connectivity index (χ2v) is 10.6. The van der Waals surface area contributed by atoms with Crippen molar-refractivity contribution in [3.05, 3.63) is 78.2 Å². The number of pyridine rings is 1. The maximum atomic E-state index is 9.85. The molecule has 1 fully saturated rings. The number of piperidine rings is 1. The van der Waals surface area contributed by atoms with Crippen LogP contribution in [0.25, 0.3) is 31.4 Å². The zero-order valence-electron chi connectivity index (χ0n) is 19.9. The van der Waals surface area contributed by atoms with Gasteiger partial charge in [0.05, 0.1) is 11.3 Å². The maximum Gasteiger partial charge on any atom is 0.103 e. The SMILES string of the molecule is N#Cc1cncc(-c2cc3cc(CN4CCC(CO)CC4)ccc3s2)c1Nc1cccc2[nH]ccc12. The largest absolute Gasteiger partial charge is 0.396 e. The molecule has 5 aromatic rings. The summed E-state index contributed by atoms with van der Waals surface area (Å²) in [4.78, 5) is 11.2. The Hall–Kier alpha value is -3.70. The summed E-state index contributed by atoms with van der Waals surface area (Å²) in [5, 5.41) is 25.1. The summed E-state index contributed by atoms with van der Waals surface area (Å²) in [6, 6.07) is 19.3. The normalized spacial score (nSPS) is 14.9. The minimum atomic E-state index is 0.302. The Morgan fingerprint density at radius 2 is 2.03 bits per heavy atom. The van der Waals surface area contributed by atoms with Crippen molar-refractivity contribution in [3.8, 4) is 16.5 Å². The number of nitrogens with zero attached hydrogens (tertiary/aromatic N) is 3. The minimum absolute atomic E-state index is 0.302. The number of hydrogen-bond donors (Lipinski definition) is 3. The van der Waals surface area contributed by atoms with Gasteiger partial charge in [0.1, 0.15) is 6.07 Å². The molecule has 7 heteroatoms. The van der Waals surface area contributed by atoms with Crippen LogP contribution in [0.15, 0.2) is 67.1 Å². The van der Waals surface area contributed by atoms with E-state index in [-0.39, 0.29) is 0 Å². The minimum Gasteiger partial charge on any atom is -0.396 e. The number of aromatic nitrogens is 2. The van der Waals surface area contributed by atoms with Crippen LogP contribution in [-0.2, 0) is 6.54 Å². The van der Waals surface area contributed by atoms with E-state index >= 15 is 0 Å². The highest BCUT2D eigenvalue weighted by Crippen LogP contribution is 2.40. The van der Waals surface area contributed by atoms with Gasteiger partial charge in [-0.15, -0.1) is 11.3 Å². The summed E-state index contributed by atoms with van der Waals surface area (Å²) in [7, 11) is 0. The van der Waals surface area contributed by atoms with Crippen LogP contribution in [0, 0.1) is 17.2 Å². The molecule has 3 aromatic heterocycles. The van der Waals surface area contributed by atoms with Crippen LogP contribution in [0.4, 0.5) is 11.4 Å². The van der Waals surface area contributed by atoms with Gasteiger partial charge in [0, 0.05) is 63.5 Å². The van der Waals surface area contributed by atoms with Crippen molar-refractivity contribution in [1.29, 1.82) is 5.26 Å². The van der Waals surface area contributed by atoms with Crippen molar-refractivity contribution in [2.75, 3.05) is 25.0 Å². The highest BCUT2D eigenvalue weighted by atomic mass is 32.1. The molecule has 6 rings (SSSR count). The lowest BCUT2D eigenvalue weighted by Gasteiger charge is -2.31. The summed E-state index contributed by atoms with van der Waals surface area (Å²) in [6.07, 6.45) is 7.52. The van der Waals surface area contributed by atoms with Gasteiger partial charge in [0.15, 0.2) is 0 Å². The van der Waals surface area contributed by atoms with Gasteiger partial charge in [-0.05, 0) is 79.2 Å². The van der Waals surface area contributed by atoms with Crippen LogP contribution >= 0.6 is 11.3 Å². The number of fused-ring (bicyclic) bond motifs is 2. The van der Waals surface area contributed by atoms with Crippen molar-refractivity contribution in [1.82, 2.24) is 14.9 Å². The lowest BCUT2D eigenvalue weighted by molar-refractivity contribution is 0.127. The molecule has 1 aliphatic rings. The van der Waals surface area contributed by atoms with E-state index < -0.39 is 0 Å². The third-order valence-corrected chi connectivity index (χ3v) is 8.29. The quantitative estimate of drug-likeness (QED) is 0.260. The fourth-order valence-corrected chi connectivity index (χ4v) is 6.16. The molecule has 0 atom stereocenters. The molecule has 0 radical (unpaired) electrons. The van der Waals surface area contributed by atoms with E-state index in [1.54, 1.807) is 17.5 Å². The van der Waals surface area contributed by atoms with Crippen LogP contribution in [-0.4, -0.2) is 39.7 Å². The number of H-pyrrole nitrogens is 1. The second kappa shape index (κ2) is 9.75. The molecule has 3 N–H and O–H groups in total. The van der Waals surface area contributed by atoms with Gasteiger partial charge in [0.2, 0.25) is 0 Å². The molecule has 1 saturated heterocycles. The Bertz CT molecular complexity index is 1570. The standard InChI is InChI=1S/C29H27N5OS/c30-14-22-15-31-16-24(29(22)33-26-3-1-2-25-23(26)6-9-32-25)28-13-21-12-20(4-5-27(21)36-28)17-34-10-7-19(18-35)8-11-34/h1-6,9,12-13,15-16,19,32,35H,7-8,10-11,17-18H2,(H,31,33). The van der Waals surface area contributed by atoms with Crippen molar-refractivity contribution in [2.45, 2.75) is 19.4 Å². The summed E-state index contributed by atoms with van der Waals surface area (Å²) in [5.41, 5.74) is 5.52. The van der Waals surface area contributed by atoms with Crippen molar-refractivity contribution >= 4 is 43.7 Å². The predicted molar refractivity (Wildman–Crippen MR) is 146 cm³/mol. The van der Waals surface area contributed by atoms with Gasteiger partial charge in [-0.3, -0.25) is 9.88 Å². The third kappa shape index (κ3) is 4.35. The topological polar surface area (TPSA) is 88.0 Å². The lowest BCUT2D eigenvalue weighted by Crippen LogP contribution is -2.34. The highest BCUT2D eigenvalue weighted by molar-refractivity contribution is 7.22. The smallest absolute Gasteiger partial charge is 0.103 e. The third-order valence-electron chi connectivity index (χ3n) is 7.14. The molecule has 1 aliphatic heterocycles. The molecule has 0 bridgehead atoms. The number of anilines is 2. The molecular weight excluding hydrogens is 466 g/mol. The number of thiophene rings is 1. The first-order chi connectivity index (χ1) is 17.7. The Balaban J connectivity index is 1.32. The summed E-state index contributed by atoms with van der Waals surface area (Å²) in [5.74, 6) is 0.452. The first kappa shape index (κ1) is 22.7. The average Bonchev–Trinajstić information content (AvgIpc) is 3.57. The summed E-state index contributed by atoms with van der Waals surface area (Å²) >= 11 is 1.72. The molecule has 0 aliphatic carbocycles. The Labute approximate surface area is 213 Å². The molecule has 4 heterocycles. The summed E-state index contributed by atoms with van der Waals surface area (Å²) < 4.78 is 1.22. The highest BCUT2D eigenvalue weighted by Gasteiger charge is 2.19. The number of aliphatic hydroxyl groups is 1. The number of nitriles is 1. The zero-order chi connectivity index (χ0) is 24.5. The van der Waals surface area contributed by atoms with Crippen molar-refractivity contribution in [2.24, 2.45) is 5.92 Å². The van der Waals surface area contributed by atoms with Crippen molar-refractivity contribution in [3.63, 3.8) is 0 Å². The Morgan fingerprint density at radius 3 is 2.86 bits per heavy atom. The van der Waals surface area contributed by atoms with Gasteiger partial charge in [-0.1, -0.05) is 12.1 Å². The maximum absolute atomic E-state index is 9.85. The van der Waals surface area contributed by atoms with Gasteiger partial charge in [0.25, 0.3) is 0 Å². The average molecular weight is 494 g/mol. The molecule has 36 heavy (non-hydrogen) atoms. The van der Waals surface area contributed by atoms with E-state index in [2.05, 4.69) is 50.5 Å². The monoisotopic (exact) mass is 493 g/mol. The predicted octanol–water partition coefficient (Wildman–Crippen LogP) is 6.26. The number of rotatable bonds is 6. The molecule has 0 unspecified atom stereocenters. The van der Waals surface area contributed by atoms with Gasteiger partial charge >= 0.3 is 0 Å². The van der Waals surface area contributed by atoms with E-state index in [0.29, 0.717) is 18.1 Å². The summed E-state index contributed by atoms with van der Waals surface area (Å²) in [6.45, 7) is 3.30. The van der Waals surface area contributed by atoms with E-state index in [1.165, 1.54) is 15.6 Å². The van der Waals surface area contributed by atoms with Gasteiger partial charge in [-0.2, -0.15) is 5.26 Å². The number of hydrogen-bond acceptors (Lipinski definition) is 6. The molecule has 0 spiro atoms. The number of nitrogens with one attached hydrogen (secondary N) is 2. The molecule has 0 amide bonds. The fraction of sp³-hybridized carbons (Fsp3) is 0.241. The van der Waals surface area contributed by atoms with Crippen molar-refractivity contribution < 1.29 is 5.11 Å². The second-order valence-electron chi connectivity index (χ2n) is 9.48. The number of likely N-dealkylation sites (tertiary alicyclic amines) is 1. The molecule has 2 aromatic carbocycles. The van der Waals surface area contributed by atoms with Gasteiger partial charge < -0.3 is 15.4 Å². The fourth-order valence-electron chi connectivity index (χ4n) is 5.11. The zero-order valence-corrected chi connectivity index (χ0v) is 20.7. The van der Waals surface area contributed by atoms with Crippen LogP contribution in [0.3, 0.4) is 0 Å². The number of benzene rings is 2. The van der Waals surface area contributed by atoms with Crippen LogP contribution < -0.4 is 5.32 Å². The van der Waals surface area contributed by atoms with E-state index in [9.17, 15) is 10.4 Å². The number of aliphatic hydroxyl groups excluding tert-OH is 1. The lowest BCUT2D eigenvalue weighted by atomic mass is 9.97. The van der Waals surface area contributed by atoms with E-state index in [1.807, 2.05) is 36.7 Å². The molecule has 6 nitrogen and oxygen atoms in total. The van der Waals surface area contributed by atoms with E-state index in [0.717, 1.165) is 65.2 Å². The Kier molecular flexibility index (Phi) is 6.16. The Morgan fingerprint density at radius 1 is 1.14 bits per heavy atom.